The van der Waals surface area contributed by atoms with Crippen molar-refractivity contribution in [3.05, 3.63) is 45.2 Å². The zero-order valence-corrected chi connectivity index (χ0v) is 18.8. The van der Waals surface area contributed by atoms with Crippen LogP contribution in [0, 0.1) is 12.7 Å². The molecule has 2 heterocycles. The van der Waals surface area contributed by atoms with Crippen molar-refractivity contribution in [3.63, 3.8) is 0 Å². The van der Waals surface area contributed by atoms with E-state index in [2.05, 4.69) is 15.3 Å². The summed E-state index contributed by atoms with van der Waals surface area (Å²) in [7, 11) is 1.96. The highest BCUT2D eigenvalue weighted by molar-refractivity contribution is 14.0. The molecule has 9 heteroatoms. The fraction of sp³-hybridized carbons (Fsp3) is 0.444. The van der Waals surface area contributed by atoms with E-state index in [1.165, 1.54) is 12.1 Å². The fourth-order valence-corrected chi connectivity index (χ4v) is 3.41. The van der Waals surface area contributed by atoms with Crippen molar-refractivity contribution in [1.82, 2.24) is 15.2 Å². The quantitative estimate of drug-likeness (QED) is 0.381. The lowest BCUT2D eigenvalue weighted by atomic mass is 10.1. The smallest absolute Gasteiger partial charge is 0.194 e. The number of halogens is 2. The molecule has 3 rings (SSSR count). The number of aromatic nitrogens is 1. The number of ether oxygens (including phenoxy) is 2. The number of nitrogens with one attached hydrogen (secondary N) is 1. The van der Waals surface area contributed by atoms with Gasteiger partial charge in [-0.2, -0.15) is 0 Å². The van der Waals surface area contributed by atoms with E-state index in [-0.39, 0.29) is 36.6 Å². The maximum Gasteiger partial charge on any atom is 0.194 e. The summed E-state index contributed by atoms with van der Waals surface area (Å²) in [5.41, 5.74) is 2.44. The molecule has 1 N–H and O–H groups in total. The number of aliphatic imine (C=N–C) groups is 1. The maximum absolute atomic E-state index is 13.9. The second-order valence-corrected chi connectivity index (χ2v) is 7.11. The fourth-order valence-electron chi connectivity index (χ4n) is 2.80. The highest BCUT2D eigenvalue weighted by atomic mass is 127. The van der Waals surface area contributed by atoms with Crippen LogP contribution in [-0.2, 0) is 24.4 Å². The largest absolute Gasteiger partial charge is 0.467 e. The van der Waals surface area contributed by atoms with Gasteiger partial charge in [0.2, 0.25) is 0 Å². The second-order valence-electron chi connectivity index (χ2n) is 6.05. The molecule has 0 bridgehead atoms. The van der Waals surface area contributed by atoms with Crippen molar-refractivity contribution >= 4 is 41.3 Å². The van der Waals surface area contributed by atoms with Gasteiger partial charge in [-0.3, -0.25) is 0 Å². The minimum absolute atomic E-state index is 0. The Morgan fingerprint density at radius 2 is 2.26 bits per heavy atom. The van der Waals surface area contributed by atoms with E-state index >= 15 is 0 Å². The standard InChI is InChI=1S/C18H23FN4O2S.HI/c1-4-20-18(23(3)8-16-10-26-12(2)22-16)21-7-13-5-15(19)6-14-9-24-11-25-17(13)14;/h5-6,10H,4,7-9,11H2,1-3H3,(H,20,21);1H. The molecule has 0 saturated carbocycles. The Kier molecular flexibility index (Phi) is 8.24. The van der Waals surface area contributed by atoms with Crippen molar-refractivity contribution in [2.45, 2.75) is 33.5 Å². The summed E-state index contributed by atoms with van der Waals surface area (Å²) in [6.07, 6.45) is 0. The molecule has 2 aromatic rings. The molecule has 27 heavy (non-hydrogen) atoms. The molecule has 0 amide bonds. The molecule has 0 unspecified atom stereocenters. The van der Waals surface area contributed by atoms with Crippen molar-refractivity contribution in [1.29, 1.82) is 0 Å². The van der Waals surface area contributed by atoms with E-state index in [1.807, 2.05) is 31.2 Å². The third kappa shape index (κ3) is 5.76. The van der Waals surface area contributed by atoms with Gasteiger partial charge in [0.1, 0.15) is 11.6 Å². The van der Waals surface area contributed by atoms with Crippen LogP contribution in [0.3, 0.4) is 0 Å². The first kappa shape index (κ1) is 21.8. The molecule has 1 aliphatic heterocycles. The van der Waals surface area contributed by atoms with Crippen LogP contribution in [0.1, 0.15) is 28.8 Å². The number of nitrogens with zero attached hydrogens (tertiary/aromatic N) is 3. The summed E-state index contributed by atoms with van der Waals surface area (Å²) in [4.78, 5) is 11.2. The molecule has 148 valence electrons. The van der Waals surface area contributed by atoms with Gasteiger partial charge in [0.05, 0.1) is 30.4 Å². The van der Waals surface area contributed by atoms with Crippen molar-refractivity contribution in [2.75, 3.05) is 20.4 Å². The van der Waals surface area contributed by atoms with E-state index in [4.69, 9.17) is 9.47 Å². The van der Waals surface area contributed by atoms with Gasteiger partial charge in [0.15, 0.2) is 12.8 Å². The molecule has 6 nitrogen and oxygen atoms in total. The van der Waals surface area contributed by atoms with E-state index < -0.39 is 0 Å². The zero-order chi connectivity index (χ0) is 18.5. The van der Waals surface area contributed by atoms with Gasteiger partial charge in [-0.1, -0.05) is 0 Å². The van der Waals surface area contributed by atoms with Crippen LogP contribution in [0.15, 0.2) is 22.5 Å². The zero-order valence-electron chi connectivity index (χ0n) is 15.6. The summed E-state index contributed by atoms with van der Waals surface area (Å²) in [5.74, 6) is 1.11. The van der Waals surface area contributed by atoms with E-state index in [0.717, 1.165) is 34.3 Å². The maximum atomic E-state index is 13.9. The third-order valence-electron chi connectivity index (χ3n) is 3.91. The SMILES string of the molecule is CCNC(=NCc1cc(F)cc2c1OCOC2)N(C)Cc1csc(C)n1.I. The first-order valence-corrected chi connectivity index (χ1v) is 9.37. The van der Waals surface area contributed by atoms with Crippen molar-refractivity contribution < 1.29 is 13.9 Å². The highest BCUT2D eigenvalue weighted by Crippen LogP contribution is 2.30. The van der Waals surface area contributed by atoms with E-state index in [0.29, 0.717) is 25.4 Å². The number of rotatable bonds is 5. The summed E-state index contributed by atoms with van der Waals surface area (Å²) in [6, 6.07) is 2.92. The van der Waals surface area contributed by atoms with Crippen LogP contribution in [0.25, 0.3) is 0 Å². The first-order valence-electron chi connectivity index (χ1n) is 8.49. The predicted octanol–water partition coefficient (Wildman–Crippen LogP) is 3.67. The topological polar surface area (TPSA) is 59.0 Å². The van der Waals surface area contributed by atoms with E-state index in [9.17, 15) is 4.39 Å². The number of hydrogen-bond donors (Lipinski definition) is 1. The molecule has 0 atom stereocenters. The van der Waals surface area contributed by atoms with Gasteiger partial charge in [-0.25, -0.2) is 14.4 Å². The Morgan fingerprint density at radius 1 is 1.44 bits per heavy atom. The lowest BCUT2D eigenvalue weighted by Gasteiger charge is -2.22. The number of guanidine groups is 1. The Labute approximate surface area is 179 Å². The molecular weight excluding hydrogens is 482 g/mol. The highest BCUT2D eigenvalue weighted by Gasteiger charge is 2.17. The van der Waals surface area contributed by atoms with Gasteiger partial charge < -0.3 is 19.7 Å². The summed E-state index contributed by atoms with van der Waals surface area (Å²) >= 11 is 1.63. The molecule has 1 aromatic carbocycles. The summed E-state index contributed by atoms with van der Waals surface area (Å²) in [6.45, 7) is 6.26. The molecule has 0 fully saturated rings. The van der Waals surface area contributed by atoms with Crippen LogP contribution in [0.5, 0.6) is 5.75 Å². The lowest BCUT2D eigenvalue weighted by Crippen LogP contribution is -2.38. The Bertz CT molecular complexity index is 800. The number of benzene rings is 1. The Hall–Kier alpha value is -1.46. The summed E-state index contributed by atoms with van der Waals surface area (Å²) in [5, 5.41) is 6.36. The second kappa shape index (κ2) is 10.2. The van der Waals surface area contributed by atoms with Gasteiger partial charge >= 0.3 is 0 Å². The average molecular weight is 506 g/mol. The molecular formula is C18H24FIN4O2S. The summed E-state index contributed by atoms with van der Waals surface area (Å²) < 4.78 is 24.7. The third-order valence-corrected chi connectivity index (χ3v) is 4.74. The average Bonchev–Trinajstić information content (AvgIpc) is 3.02. The molecule has 0 aliphatic carbocycles. The molecule has 0 spiro atoms. The van der Waals surface area contributed by atoms with Crippen LogP contribution in [-0.4, -0.2) is 36.2 Å². The van der Waals surface area contributed by atoms with Crippen LogP contribution >= 0.6 is 35.3 Å². The monoisotopic (exact) mass is 506 g/mol. The lowest BCUT2D eigenvalue weighted by molar-refractivity contribution is -0.0172. The number of fused-ring (bicyclic) bond motifs is 1. The number of aryl methyl sites for hydroxylation is 1. The Balaban J connectivity index is 0.00000261. The Morgan fingerprint density at radius 3 is 2.96 bits per heavy atom. The van der Waals surface area contributed by atoms with Gasteiger partial charge in [-0.15, -0.1) is 35.3 Å². The van der Waals surface area contributed by atoms with Crippen LogP contribution in [0.2, 0.25) is 0 Å². The van der Waals surface area contributed by atoms with Gasteiger partial charge in [-0.05, 0) is 26.0 Å². The van der Waals surface area contributed by atoms with E-state index in [1.54, 1.807) is 11.3 Å². The van der Waals surface area contributed by atoms with Crippen LogP contribution < -0.4 is 10.1 Å². The molecule has 1 aliphatic rings. The molecule has 1 aromatic heterocycles. The normalized spacial score (nSPS) is 13.4. The molecule has 0 radical (unpaired) electrons. The van der Waals surface area contributed by atoms with Gasteiger partial charge in [0.25, 0.3) is 0 Å². The van der Waals surface area contributed by atoms with Crippen molar-refractivity contribution in [2.24, 2.45) is 4.99 Å². The van der Waals surface area contributed by atoms with Crippen LogP contribution in [0.4, 0.5) is 4.39 Å². The predicted molar refractivity (Wildman–Crippen MR) is 115 cm³/mol. The first-order chi connectivity index (χ1) is 12.6. The van der Waals surface area contributed by atoms with Gasteiger partial charge in [0, 0.05) is 30.1 Å². The molecule has 0 saturated heterocycles. The minimum Gasteiger partial charge on any atom is -0.467 e. The number of thiazole rings is 1. The number of hydrogen-bond acceptors (Lipinski definition) is 5. The minimum atomic E-state index is -0.306. The van der Waals surface area contributed by atoms with Crippen molar-refractivity contribution in [3.8, 4) is 5.75 Å².